The minimum absolute atomic E-state index is 0.0101. The zero-order valence-electron chi connectivity index (χ0n) is 34.1. The van der Waals surface area contributed by atoms with Gasteiger partial charge in [0.15, 0.2) is 23.6 Å². The summed E-state index contributed by atoms with van der Waals surface area (Å²) in [7, 11) is 0. The second-order valence-corrected chi connectivity index (χ2v) is 18.3. The Morgan fingerprint density at radius 2 is 1.64 bits per heavy atom. The Hall–Kier alpha value is -4.55. The molecule has 2 aromatic rings. The van der Waals surface area contributed by atoms with Crippen molar-refractivity contribution >= 4 is 46.7 Å². The molecule has 4 aliphatic rings. The summed E-state index contributed by atoms with van der Waals surface area (Å²) in [4.78, 5) is 82.4. The highest BCUT2D eigenvalue weighted by Crippen LogP contribution is 2.64. The molecule has 320 valence electrons. The maximum atomic E-state index is 15.4. The molecule has 2 saturated carbocycles. The fourth-order valence-corrected chi connectivity index (χ4v) is 10.1. The number of amides is 1. The SMILES string of the molecule is CC(=O)O[C@H]1C(=O)[C@]2(C)[C@@H](O)CC3OC[C@@]3(OC(C)=O)[C@H]2[C@H](OC(=O)c2ccccc2)C2(O)C[C@H](OC(=O)[C@H](O)[C@@H](NC(=O)SC(C)C)c3ccco3)C(C)=C1C2(C)C. The number of ketones is 1. The lowest BCUT2D eigenvalue weighted by Gasteiger charge is -2.67. The fraction of sp³-hybridized carbons (Fsp3) is 0.571. The number of fused-ring (bicyclic) bond motifs is 5. The number of carbonyl (C=O) groups excluding carboxylic acids is 6. The summed E-state index contributed by atoms with van der Waals surface area (Å²) in [6, 6.07) is 9.35. The van der Waals surface area contributed by atoms with Gasteiger partial charge in [0.05, 0.1) is 35.9 Å². The number of hydrogen-bond acceptors (Lipinski definition) is 16. The number of aliphatic hydroxyl groups is 3. The van der Waals surface area contributed by atoms with Gasteiger partial charge in [-0.15, -0.1) is 0 Å². The van der Waals surface area contributed by atoms with Crippen LogP contribution in [-0.2, 0) is 42.9 Å². The summed E-state index contributed by atoms with van der Waals surface area (Å²) in [5.41, 5.74) is -7.65. The average molecular weight is 842 g/mol. The minimum atomic E-state index is -2.39. The number of carbonyl (C=O) groups is 6. The normalized spacial score (nSPS) is 33.1. The van der Waals surface area contributed by atoms with E-state index in [4.69, 9.17) is 28.1 Å². The van der Waals surface area contributed by atoms with E-state index in [1.807, 2.05) is 0 Å². The molecule has 16 nitrogen and oxygen atoms in total. The van der Waals surface area contributed by atoms with Gasteiger partial charge in [0, 0.05) is 37.4 Å². The van der Waals surface area contributed by atoms with E-state index in [0.29, 0.717) is 0 Å². The lowest BCUT2D eigenvalue weighted by atomic mass is 9.44. The summed E-state index contributed by atoms with van der Waals surface area (Å²) in [5, 5.41) is 39.0. The number of esters is 4. The number of aliphatic hydroxyl groups excluding tert-OH is 2. The van der Waals surface area contributed by atoms with Gasteiger partial charge < -0.3 is 48.7 Å². The molecule has 1 saturated heterocycles. The van der Waals surface area contributed by atoms with Gasteiger partial charge in [-0.3, -0.25) is 19.2 Å². The van der Waals surface area contributed by atoms with Gasteiger partial charge in [0.1, 0.15) is 35.7 Å². The number of rotatable bonds is 10. The van der Waals surface area contributed by atoms with Gasteiger partial charge in [-0.05, 0) is 49.3 Å². The summed E-state index contributed by atoms with van der Waals surface area (Å²) in [6.07, 6.45) is -9.26. The van der Waals surface area contributed by atoms with E-state index >= 15 is 4.79 Å². The first-order valence-corrected chi connectivity index (χ1v) is 20.3. The van der Waals surface area contributed by atoms with Crippen LogP contribution in [0.25, 0.3) is 0 Å². The first-order valence-electron chi connectivity index (χ1n) is 19.4. The van der Waals surface area contributed by atoms with Crippen LogP contribution in [0.1, 0.15) is 90.4 Å². The molecule has 1 aromatic carbocycles. The van der Waals surface area contributed by atoms with Crippen molar-refractivity contribution in [1.29, 1.82) is 0 Å². The van der Waals surface area contributed by atoms with Gasteiger partial charge in [0.25, 0.3) is 5.24 Å². The molecule has 1 aliphatic heterocycles. The molecule has 2 heterocycles. The fourth-order valence-electron chi connectivity index (χ4n) is 9.51. The van der Waals surface area contributed by atoms with Crippen LogP contribution >= 0.6 is 11.8 Å². The highest BCUT2D eigenvalue weighted by Gasteiger charge is 2.78. The number of thioether (sulfide) groups is 1. The molecule has 0 spiro atoms. The lowest BCUT2D eigenvalue weighted by Crippen LogP contribution is -2.82. The van der Waals surface area contributed by atoms with E-state index in [1.165, 1.54) is 44.4 Å². The Morgan fingerprint density at radius 1 is 0.966 bits per heavy atom. The Kier molecular flexibility index (Phi) is 12.0. The highest BCUT2D eigenvalue weighted by atomic mass is 32.2. The second kappa shape index (κ2) is 16.1. The van der Waals surface area contributed by atoms with Crippen molar-refractivity contribution in [2.75, 3.05) is 6.61 Å². The summed E-state index contributed by atoms with van der Waals surface area (Å²) >= 11 is 0.917. The van der Waals surface area contributed by atoms with Crippen LogP contribution < -0.4 is 5.32 Å². The van der Waals surface area contributed by atoms with Crippen molar-refractivity contribution in [3.63, 3.8) is 0 Å². The second-order valence-electron chi connectivity index (χ2n) is 16.7. The van der Waals surface area contributed by atoms with Crippen molar-refractivity contribution in [3.8, 4) is 0 Å². The zero-order valence-corrected chi connectivity index (χ0v) is 34.9. The molecule has 2 unspecified atom stereocenters. The predicted octanol–water partition coefficient (Wildman–Crippen LogP) is 3.75. The van der Waals surface area contributed by atoms with E-state index in [1.54, 1.807) is 45.9 Å². The van der Waals surface area contributed by atoms with E-state index in [9.17, 15) is 39.3 Å². The van der Waals surface area contributed by atoms with Gasteiger partial charge in [-0.25, -0.2) is 9.59 Å². The molecule has 59 heavy (non-hydrogen) atoms. The molecule has 6 rings (SSSR count). The first kappa shape index (κ1) is 44.0. The van der Waals surface area contributed by atoms with E-state index in [-0.39, 0.29) is 40.7 Å². The standard InChI is InChI=1S/C42H51NO15S/c1-20(2)59-38(51)43-30(25-15-12-16-53-25)31(47)37(50)56-26-18-42(52)35(57-36(49)24-13-10-9-11-14-24)33-40(8,27(46)17-28-41(33,19-54-28)58-23(5)45)34(48)32(55-22(4)44)29(21(26)3)39(42,6)7/h9-16,20,26-28,30-33,35,46-47,52H,17-19H2,1-8H3,(H,43,51)/t26-,27-,28?,30-,31+,32+,33-,35-,40+,41-,42?/m0/s1. The molecular formula is C42H51NO15S. The van der Waals surface area contributed by atoms with Gasteiger partial charge in [0.2, 0.25) is 0 Å². The summed E-state index contributed by atoms with van der Waals surface area (Å²) in [5.74, 6) is -6.26. The molecule has 2 bridgehead atoms. The van der Waals surface area contributed by atoms with Crippen molar-refractivity contribution in [2.45, 2.75) is 127 Å². The van der Waals surface area contributed by atoms with Crippen molar-refractivity contribution in [3.05, 3.63) is 71.2 Å². The molecule has 0 radical (unpaired) electrons. The molecule has 1 aromatic heterocycles. The van der Waals surface area contributed by atoms with E-state index < -0.39 is 112 Å². The Morgan fingerprint density at radius 3 is 2.20 bits per heavy atom. The third kappa shape index (κ3) is 7.49. The number of ether oxygens (including phenoxy) is 5. The molecule has 11 atom stereocenters. The molecule has 3 fully saturated rings. The molecule has 1 amide bonds. The van der Waals surface area contributed by atoms with Crippen LogP contribution in [0, 0.1) is 16.7 Å². The van der Waals surface area contributed by atoms with Crippen LogP contribution in [0.15, 0.2) is 64.3 Å². The highest BCUT2D eigenvalue weighted by molar-refractivity contribution is 8.14. The number of Topliss-reactive ketones (excluding diaryl/α,β-unsaturated/α-hetero) is 1. The molecule has 3 aliphatic carbocycles. The molecular weight excluding hydrogens is 791 g/mol. The number of hydrogen-bond donors (Lipinski definition) is 4. The maximum absolute atomic E-state index is 15.4. The lowest BCUT2D eigenvalue weighted by molar-refractivity contribution is -0.346. The Labute approximate surface area is 345 Å². The van der Waals surface area contributed by atoms with Gasteiger partial charge in [-0.1, -0.05) is 57.7 Å². The monoisotopic (exact) mass is 841 g/mol. The smallest absolute Gasteiger partial charge is 0.338 e. The van der Waals surface area contributed by atoms with Crippen molar-refractivity contribution in [2.24, 2.45) is 16.7 Å². The minimum Gasteiger partial charge on any atom is -0.467 e. The predicted molar refractivity (Wildman–Crippen MR) is 207 cm³/mol. The Balaban J connectivity index is 1.54. The first-order chi connectivity index (χ1) is 27.6. The summed E-state index contributed by atoms with van der Waals surface area (Å²) < 4.78 is 35.5. The Bertz CT molecular complexity index is 2020. The number of nitrogens with one attached hydrogen (secondary N) is 1. The largest absolute Gasteiger partial charge is 0.467 e. The summed E-state index contributed by atoms with van der Waals surface area (Å²) in [6.45, 7) is 11.5. The third-order valence-electron chi connectivity index (χ3n) is 12.5. The van der Waals surface area contributed by atoms with Gasteiger partial charge in [-0.2, -0.15) is 0 Å². The number of benzene rings is 1. The van der Waals surface area contributed by atoms with Gasteiger partial charge >= 0.3 is 23.9 Å². The van der Waals surface area contributed by atoms with Crippen LogP contribution in [0.3, 0.4) is 0 Å². The zero-order chi connectivity index (χ0) is 43.4. The maximum Gasteiger partial charge on any atom is 0.338 e. The average Bonchev–Trinajstić information content (AvgIpc) is 3.69. The quantitative estimate of drug-likeness (QED) is 0.152. The number of furan rings is 1. The van der Waals surface area contributed by atoms with E-state index in [2.05, 4.69) is 5.32 Å². The molecule has 4 N–H and O–H groups in total. The van der Waals surface area contributed by atoms with Crippen LogP contribution in [0.2, 0.25) is 0 Å². The van der Waals surface area contributed by atoms with Crippen molar-refractivity contribution in [1.82, 2.24) is 5.32 Å². The topological polar surface area (TPSA) is 234 Å². The van der Waals surface area contributed by atoms with E-state index in [0.717, 1.165) is 25.6 Å². The molecule has 17 heteroatoms. The van der Waals surface area contributed by atoms with Crippen molar-refractivity contribution < 1.29 is 72.2 Å². The van der Waals surface area contributed by atoms with Crippen LogP contribution in [-0.4, -0.2) is 110 Å². The van der Waals surface area contributed by atoms with Crippen LogP contribution in [0.5, 0.6) is 0 Å². The van der Waals surface area contributed by atoms with Crippen LogP contribution in [0.4, 0.5) is 4.79 Å². The third-order valence-corrected chi connectivity index (χ3v) is 13.3.